The molecule has 0 bridgehead atoms. The van der Waals surface area contributed by atoms with Crippen molar-refractivity contribution >= 4 is 14.3 Å². The van der Waals surface area contributed by atoms with Crippen LogP contribution in [0.3, 0.4) is 0 Å². The molecule has 1 aliphatic rings. The maximum Gasteiger partial charge on any atom is 0.331 e. The summed E-state index contributed by atoms with van der Waals surface area (Å²) >= 11 is 0. The van der Waals surface area contributed by atoms with Crippen LogP contribution < -0.4 is 4.74 Å². The first-order chi connectivity index (χ1) is 16.3. The molecule has 0 aromatic heterocycles. The molecule has 0 aliphatic carbocycles. The van der Waals surface area contributed by atoms with Gasteiger partial charge in [-0.15, -0.1) is 0 Å². The normalized spacial score (nSPS) is 19.9. The summed E-state index contributed by atoms with van der Waals surface area (Å²) in [4.78, 5) is 11.8. The molecule has 6 heteroatoms. The second-order valence-electron chi connectivity index (χ2n) is 11.0. The zero-order chi connectivity index (χ0) is 26.2. The van der Waals surface area contributed by atoms with E-state index in [1.165, 1.54) is 0 Å². The molecule has 0 saturated carbocycles. The minimum absolute atomic E-state index is 0.0601. The van der Waals surface area contributed by atoms with E-state index in [-0.39, 0.29) is 29.1 Å². The van der Waals surface area contributed by atoms with Crippen LogP contribution in [-0.2, 0) is 25.3 Å². The minimum atomic E-state index is -1.85. The molecule has 0 N–H and O–H groups in total. The lowest BCUT2D eigenvalue weighted by atomic mass is 9.93. The van der Waals surface area contributed by atoms with Crippen molar-refractivity contribution in [2.45, 2.75) is 84.4 Å². The Hall–Kier alpha value is -2.15. The fraction of sp³-hybridized carbons (Fsp3) is 0.552. The number of cyclic esters (lactones) is 1. The number of hydrogen-bond donors (Lipinski definition) is 0. The summed E-state index contributed by atoms with van der Waals surface area (Å²) in [6.07, 6.45) is 6.70. The minimum Gasteiger partial charge on any atom is -0.497 e. The largest absolute Gasteiger partial charge is 0.497 e. The van der Waals surface area contributed by atoms with E-state index in [4.69, 9.17) is 18.6 Å². The molecule has 0 amide bonds. The summed E-state index contributed by atoms with van der Waals surface area (Å²) in [6, 6.07) is 7.90. The highest BCUT2D eigenvalue weighted by Crippen LogP contribution is 2.37. The van der Waals surface area contributed by atoms with Gasteiger partial charge in [0.1, 0.15) is 11.9 Å². The second kappa shape index (κ2) is 12.7. The van der Waals surface area contributed by atoms with Crippen LogP contribution in [0, 0.1) is 5.92 Å². The highest BCUT2D eigenvalue weighted by Gasteiger charge is 2.37. The van der Waals surface area contributed by atoms with Gasteiger partial charge >= 0.3 is 5.97 Å². The van der Waals surface area contributed by atoms with Gasteiger partial charge in [-0.25, -0.2) is 4.79 Å². The van der Waals surface area contributed by atoms with Gasteiger partial charge in [0.05, 0.1) is 26.4 Å². The third-order valence-electron chi connectivity index (χ3n) is 7.14. The van der Waals surface area contributed by atoms with Crippen LogP contribution in [-0.4, -0.2) is 40.2 Å². The molecular weight excluding hydrogens is 456 g/mol. The quantitative estimate of drug-likeness (QED) is 0.176. The van der Waals surface area contributed by atoms with Crippen molar-refractivity contribution in [3.63, 3.8) is 0 Å². The van der Waals surface area contributed by atoms with Gasteiger partial charge in [0.25, 0.3) is 0 Å². The standard InChI is InChI=1S/C29H44O5Si/c1-21(19-33-35(8,9)29(4,5)6)17-26(32-20-24-13-15-25(31-7)16-14-24)11-10-12-27-23(3)22(2)18-28(30)34-27/h10,12-16,18,23,26-27H,1,11,17,19-20H2,2-9H3/b12-10+/t23-,26+,27+/m1/s1. The average molecular weight is 501 g/mol. The molecule has 1 heterocycles. The van der Waals surface area contributed by atoms with E-state index in [0.29, 0.717) is 26.1 Å². The Morgan fingerprint density at radius 3 is 2.49 bits per heavy atom. The van der Waals surface area contributed by atoms with Crippen molar-refractivity contribution in [1.29, 1.82) is 0 Å². The number of rotatable bonds is 12. The van der Waals surface area contributed by atoms with Crippen molar-refractivity contribution in [3.8, 4) is 5.75 Å². The highest BCUT2D eigenvalue weighted by molar-refractivity contribution is 6.74. The molecule has 2 rings (SSSR count). The molecule has 0 saturated heterocycles. The first kappa shape index (κ1) is 29.1. The molecular formula is C29H44O5Si. The van der Waals surface area contributed by atoms with Crippen LogP contribution >= 0.6 is 0 Å². The van der Waals surface area contributed by atoms with Gasteiger partial charge in [0, 0.05) is 12.0 Å². The predicted molar refractivity (Wildman–Crippen MR) is 145 cm³/mol. The Morgan fingerprint density at radius 2 is 1.89 bits per heavy atom. The molecule has 0 spiro atoms. The van der Waals surface area contributed by atoms with Crippen LogP contribution in [0.5, 0.6) is 5.75 Å². The Kier molecular flexibility index (Phi) is 10.6. The number of carbonyl (C=O) groups is 1. The van der Waals surface area contributed by atoms with E-state index >= 15 is 0 Å². The fourth-order valence-corrected chi connectivity index (χ4v) is 4.44. The van der Waals surface area contributed by atoms with Crippen LogP contribution in [0.25, 0.3) is 0 Å². The molecule has 1 aliphatic heterocycles. The molecule has 194 valence electrons. The summed E-state index contributed by atoms with van der Waals surface area (Å²) in [5, 5.41) is 0.154. The van der Waals surface area contributed by atoms with Gasteiger partial charge in [-0.2, -0.15) is 0 Å². The molecule has 0 radical (unpaired) electrons. The topological polar surface area (TPSA) is 54.0 Å². The number of hydrogen-bond acceptors (Lipinski definition) is 5. The summed E-state index contributed by atoms with van der Waals surface area (Å²) in [5.41, 5.74) is 3.15. The first-order valence-electron chi connectivity index (χ1n) is 12.4. The first-order valence-corrected chi connectivity index (χ1v) is 15.3. The number of ether oxygens (including phenoxy) is 3. The number of benzene rings is 1. The molecule has 35 heavy (non-hydrogen) atoms. The van der Waals surface area contributed by atoms with Crippen molar-refractivity contribution < 1.29 is 23.4 Å². The number of esters is 1. The maximum atomic E-state index is 11.8. The Bertz CT molecular complexity index is 908. The molecule has 5 nitrogen and oxygen atoms in total. The van der Waals surface area contributed by atoms with E-state index in [9.17, 15) is 4.79 Å². The summed E-state index contributed by atoms with van der Waals surface area (Å²) < 4.78 is 23.4. The lowest BCUT2D eigenvalue weighted by Gasteiger charge is -2.36. The van der Waals surface area contributed by atoms with Crippen molar-refractivity contribution in [3.05, 3.63) is 65.8 Å². The van der Waals surface area contributed by atoms with Crippen LogP contribution in [0.4, 0.5) is 0 Å². The maximum absolute atomic E-state index is 11.8. The summed E-state index contributed by atoms with van der Waals surface area (Å²) in [6.45, 7) is 20.6. The van der Waals surface area contributed by atoms with Crippen LogP contribution in [0.1, 0.15) is 53.0 Å². The third-order valence-corrected chi connectivity index (χ3v) is 11.6. The lowest BCUT2D eigenvalue weighted by molar-refractivity contribution is -0.143. The van der Waals surface area contributed by atoms with Gasteiger partial charge in [-0.05, 0) is 61.7 Å². The van der Waals surface area contributed by atoms with Crippen molar-refractivity contribution in [1.82, 2.24) is 0 Å². The Morgan fingerprint density at radius 1 is 1.23 bits per heavy atom. The SMILES string of the molecule is C=C(CO[Si](C)(C)C(C)(C)C)C[C@H](C/C=C/[C@@H]1OC(=O)C=C(C)[C@H]1C)OCc1ccc(OC)cc1. The van der Waals surface area contributed by atoms with Gasteiger partial charge in [-0.3, -0.25) is 0 Å². The average Bonchev–Trinajstić information content (AvgIpc) is 2.78. The van der Waals surface area contributed by atoms with E-state index in [0.717, 1.165) is 22.5 Å². The molecule has 1 aromatic rings. The van der Waals surface area contributed by atoms with Gasteiger partial charge in [-0.1, -0.05) is 63.6 Å². The van der Waals surface area contributed by atoms with E-state index < -0.39 is 8.32 Å². The van der Waals surface area contributed by atoms with Gasteiger partial charge in [0.2, 0.25) is 0 Å². The van der Waals surface area contributed by atoms with E-state index in [1.807, 2.05) is 37.3 Å². The molecule has 0 fully saturated rings. The highest BCUT2D eigenvalue weighted by atomic mass is 28.4. The third kappa shape index (κ3) is 9.10. The second-order valence-corrected chi connectivity index (χ2v) is 15.8. The molecule has 1 aromatic carbocycles. The van der Waals surface area contributed by atoms with Crippen molar-refractivity contribution in [2.75, 3.05) is 13.7 Å². The zero-order valence-electron chi connectivity index (χ0n) is 22.9. The summed E-state index contributed by atoms with van der Waals surface area (Å²) in [5.74, 6) is 0.708. The predicted octanol–water partition coefficient (Wildman–Crippen LogP) is 7.00. The lowest BCUT2D eigenvalue weighted by Crippen LogP contribution is -2.41. The Labute approximate surface area is 213 Å². The van der Waals surface area contributed by atoms with Crippen LogP contribution in [0.15, 0.2) is 60.2 Å². The van der Waals surface area contributed by atoms with Crippen molar-refractivity contribution in [2.24, 2.45) is 5.92 Å². The monoisotopic (exact) mass is 500 g/mol. The molecule has 0 unspecified atom stereocenters. The van der Waals surface area contributed by atoms with Gasteiger partial charge < -0.3 is 18.6 Å². The Balaban J connectivity index is 2.02. The smallest absolute Gasteiger partial charge is 0.331 e. The van der Waals surface area contributed by atoms with E-state index in [1.54, 1.807) is 13.2 Å². The van der Waals surface area contributed by atoms with E-state index in [2.05, 4.69) is 53.4 Å². The molecule has 3 atom stereocenters. The summed E-state index contributed by atoms with van der Waals surface area (Å²) in [7, 11) is -0.189. The number of carbonyl (C=O) groups excluding carboxylic acids is 1. The van der Waals surface area contributed by atoms with Crippen LogP contribution in [0.2, 0.25) is 18.1 Å². The fourth-order valence-electron chi connectivity index (χ4n) is 3.44. The number of methoxy groups -OCH3 is 1. The zero-order valence-corrected chi connectivity index (χ0v) is 23.9. The van der Waals surface area contributed by atoms with Gasteiger partial charge in [0.15, 0.2) is 8.32 Å².